The number of rotatable bonds is 3. The molecule has 1 fully saturated rings. The molecule has 1 amide bonds. The lowest BCUT2D eigenvalue weighted by atomic mass is 9.77. The summed E-state index contributed by atoms with van der Waals surface area (Å²) in [7, 11) is -1.92. The third-order valence-corrected chi connectivity index (χ3v) is 7.37. The van der Waals surface area contributed by atoms with E-state index < -0.39 is 15.4 Å². The van der Waals surface area contributed by atoms with Crippen molar-refractivity contribution in [2.75, 3.05) is 11.9 Å². The summed E-state index contributed by atoms with van der Waals surface area (Å²) in [6.07, 6.45) is 1.82. The summed E-state index contributed by atoms with van der Waals surface area (Å²) in [5.41, 5.74) is 0.988. The zero-order chi connectivity index (χ0) is 21.1. The first-order valence-corrected chi connectivity index (χ1v) is 11.3. The van der Waals surface area contributed by atoms with Crippen molar-refractivity contribution >= 4 is 21.6 Å². The highest BCUT2D eigenvalue weighted by Gasteiger charge is 2.40. The second kappa shape index (κ2) is 6.54. The van der Waals surface area contributed by atoms with Crippen molar-refractivity contribution in [1.82, 2.24) is 10.0 Å². The number of sulfonamides is 1. The first-order chi connectivity index (χ1) is 12.6. The number of benzene rings is 1. The van der Waals surface area contributed by atoms with Crippen molar-refractivity contribution in [3.05, 3.63) is 23.8 Å². The average molecular weight is 408 g/mol. The monoisotopic (exact) mass is 407 g/mol. The van der Waals surface area contributed by atoms with Gasteiger partial charge in [-0.05, 0) is 64.3 Å². The minimum Gasteiger partial charge on any atom is -0.315 e. The van der Waals surface area contributed by atoms with E-state index in [0.29, 0.717) is 6.42 Å². The molecule has 0 atom stereocenters. The first kappa shape index (κ1) is 21.3. The predicted molar refractivity (Wildman–Crippen MR) is 112 cm³/mol. The van der Waals surface area contributed by atoms with E-state index >= 15 is 0 Å². The molecule has 156 valence electrons. The fraction of sp³-hybridized carbons (Fsp3) is 0.667. The van der Waals surface area contributed by atoms with Gasteiger partial charge in [0.05, 0.1) is 4.90 Å². The fourth-order valence-electron chi connectivity index (χ4n) is 4.94. The molecule has 6 nitrogen and oxygen atoms in total. The van der Waals surface area contributed by atoms with Crippen LogP contribution in [0.5, 0.6) is 0 Å². The number of hydrogen-bond acceptors (Lipinski definition) is 4. The normalized spacial score (nSPS) is 24.1. The van der Waals surface area contributed by atoms with E-state index in [9.17, 15) is 13.2 Å². The summed E-state index contributed by atoms with van der Waals surface area (Å²) in [4.78, 5) is 14.1. The molecule has 2 aliphatic heterocycles. The molecule has 0 radical (unpaired) electrons. The summed E-state index contributed by atoms with van der Waals surface area (Å²) < 4.78 is 29.2. The maximum Gasteiger partial charge on any atom is 0.240 e. The Morgan fingerprint density at radius 3 is 2.21 bits per heavy atom. The minimum absolute atomic E-state index is 0.0467. The van der Waals surface area contributed by atoms with Crippen LogP contribution in [0.25, 0.3) is 0 Å². The molecule has 2 heterocycles. The number of carbonyl (C=O) groups excluding carboxylic acids is 1. The minimum atomic E-state index is -3.66. The molecule has 2 N–H and O–H groups in total. The van der Waals surface area contributed by atoms with Crippen molar-refractivity contribution in [2.24, 2.45) is 0 Å². The van der Waals surface area contributed by atoms with Crippen LogP contribution in [0.2, 0.25) is 0 Å². The molecule has 1 aromatic carbocycles. The number of fused-ring (bicyclic) bond motifs is 1. The molecular weight excluding hydrogens is 374 g/mol. The van der Waals surface area contributed by atoms with Gasteiger partial charge in [0.2, 0.25) is 15.9 Å². The molecule has 3 rings (SSSR count). The first-order valence-electron chi connectivity index (χ1n) is 9.85. The highest BCUT2D eigenvalue weighted by atomic mass is 32.2. The molecule has 28 heavy (non-hydrogen) atoms. The lowest BCUT2D eigenvalue weighted by molar-refractivity contribution is -0.119. The fourth-order valence-corrected chi connectivity index (χ4v) is 6.20. The highest BCUT2D eigenvalue weighted by Crippen LogP contribution is 2.40. The molecule has 0 aromatic heterocycles. The van der Waals surface area contributed by atoms with E-state index in [1.54, 1.807) is 30.1 Å². The highest BCUT2D eigenvalue weighted by molar-refractivity contribution is 7.89. The zero-order valence-electron chi connectivity index (χ0n) is 18.0. The van der Waals surface area contributed by atoms with Crippen LogP contribution >= 0.6 is 0 Å². The molecule has 0 spiro atoms. The predicted octanol–water partition coefficient (Wildman–Crippen LogP) is 2.92. The summed E-state index contributed by atoms with van der Waals surface area (Å²) >= 11 is 0. The Labute approximate surface area is 169 Å². The molecule has 2 aliphatic rings. The SMILES string of the molecule is CN1C(=O)CC(C)(C)c2cc(S(=O)(=O)NC3CC(C)(C)NC(C)(C)C3)ccc21. The molecule has 0 unspecified atom stereocenters. The van der Waals surface area contributed by atoms with Crippen LogP contribution < -0.4 is 14.9 Å². The Morgan fingerprint density at radius 1 is 1.07 bits per heavy atom. The maximum atomic E-state index is 13.2. The van der Waals surface area contributed by atoms with E-state index in [1.165, 1.54) is 0 Å². The summed E-state index contributed by atoms with van der Waals surface area (Å²) in [5.74, 6) is 0.0467. The van der Waals surface area contributed by atoms with Gasteiger partial charge in [-0.15, -0.1) is 0 Å². The molecule has 0 saturated carbocycles. The largest absolute Gasteiger partial charge is 0.315 e. The number of anilines is 1. The number of amides is 1. The van der Waals surface area contributed by atoms with Gasteiger partial charge in [-0.3, -0.25) is 4.79 Å². The van der Waals surface area contributed by atoms with Crippen LogP contribution in [0.4, 0.5) is 5.69 Å². The molecule has 1 saturated heterocycles. The Hall–Kier alpha value is -1.44. The van der Waals surface area contributed by atoms with Crippen molar-refractivity contribution < 1.29 is 13.2 Å². The van der Waals surface area contributed by atoms with Crippen molar-refractivity contribution in [3.8, 4) is 0 Å². The van der Waals surface area contributed by atoms with Gasteiger partial charge in [0, 0.05) is 41.7 Å². The van der Waals surface area contributed by atoms with Gasteiger partial charge >= 0.3 is 0 Å². The Bertz CT molecular complexity index is 887. The zero-order valence-corrected chi connectivity index (χ0v) is 18.8. The van der Waals surface area contributed by atoms with E-state index in [4.69, 9.17) is 0 Å². The van der Waals surface area contributed by atoms with E-state index in [0.717, 1.165) is 24.1 Å². The summed E-state index contributed by atoms with van der Waals surface area (Å²) in [6, 6.07) is 4.95. The van der Waals surface area contributed by atoms with Crippen molar-refractivity contribution in [1.29, 1.82) is 0 Å². The Kier molecular flexibility index (Phi) is 4.97. The van der Waals surface area contributed by atoms with Crippen molar-refractivity contribution in [3.63, 3.8) is 0 Å². The lowest BCUT2D eigenvalue weighted by Crippen LogP contribution is -2.62. The smallest absolute Gasteiger partial charge is 0.240 e. The quantitative estimate of drug-likeness (QED) is 0.808. The number of piperidine rings is 1. The number of hydrogen-bond donors (Lipinski definition) is 2. The van der Waals surface area contributed by atoms with Gasteiger partial charge in [0.15, 0.2) is 0 Å². The van der Waals surface area contributed by atoms with Crippen LogP contribution in [-0.2, 0) is 20.2 Å². The van der Waals surface area contributed by atoms with Gasteiger partial charge in [0.1, 0.15) is 0 Å². The van der Waals surface area contributed by atoms with Crippen LogP contribution in [0.3, 0.4) is 0 Å². The molecule has 7 heteroatoms. The van der Waals surface area contributed by atoms with Gasteiger partial charge < -0.3 is 10.2 Å². The maximum absolute atomic E-state index is 13.2. The number of nitrogens with one attached hydrogen (secondary N) is 2. The van der Waals surface area contributed by atoms with Crippen molar-refractivity contribution in [2.45, 2.75) is 88.2 Å². The molecular formula is C21H33N3O3S. The topological polar surface area (TPSA) is 78.5 Å². The van der Waals surface area contributed by atoms with E-state index in [2.05, 4.69) is 37.7 Å². The number of carbonyl (C=O) groups is 1. The average Bonchev–Trinajstić information content (AvgIpc) is 2.48. The Balaban J connectivity index is 1.92. The second-order valence-electron chi connectivity index (χ2n) is 10.3. The Morgan fingerprint density at radius 2 is 1.64 bits per heavy atom. The van der Waals surface area contributed by atoms with Crippen LogP contribution in [0.1, 0.15) is 66.4 Å². The number of nitrogens with zero attached hydrogens (tertiary/aromatic N) is 1. The van der Waals surface area contributed by atoms with Crippen LogP contribution in [0.15, 0.2) is 23.1 Å². The van der Waals surface area contributed by atoms with Gasteiger partial charge in [0.25, 0.3) is 0 Å². The van der Waals surface area contributed by atoms with Gasteiger partial charge in [-0.25, -0.2) is 13.1 Å². The standard InChI is InChI=1S/C21H33N3O3S/c1-19(2)13-18(25)24(7)17-9-8-15(10-16(17)19)28(26,27)22-14-11-20(3,4)23-21(5,6)12-14/h8-10,14,22-23H,11-13H2,1-7H3. The van der Waals surface area contributed by atoms with Crippen LogP contribution in [-0.4, -0.2) is 38.5 Å². The van der Waals surface area contributed by atoms with Crippen LogP contribution in [0, 0.1) is 0 Å². The van der Waals surface area contributed by atoms with E-state index in [1.807, 2.05) is 13.8 Å². The molecule has 0 bridgehead atoms. The third kappa shape index (κ3) is 4.11. The van der Waals surface area contributed by atoms with Gasteiger partial charge in [-0.1, -0.05) is 13.8 Å². The van der Waals surface area contributed by atoms with E-state index in [-0.39, 0.29) is 27.9 Å². The summed E-state index contributed by atoms with van der Waals surface area (Å²) in [6.45, 7) is 12.4. The second-order valence-corrected chi connectivity index (χ2v) is 12.0. The molecule has 1 aromatic rings. The molecule has 0 aliphatic carbocycles. The van der Waals surface area contributed by atoms with Gasteiger partial charge in [-0.2, -0.15) is 0 Å². The summed E-state index contributed by atoms with van der Waals surface area (Å²) in [5, 5.41) is 3.58. The lowest BCUT2D eigenvalue weighted by Gasteiger charge is -2.46. The third-order valence-electron chi connectivity index (χ3n) is 5.85.